The van der Waals surface area contributed by atoms with Gasteiger partial charge in [0.25, 0.3) is 0 Å². The van der Waals surface area contributed by atoms with Crippen LogP contribution < -0.4 is 5.32 Å². The lowest BCUT2D eigenvalue weighted by Crippen LogP contribution is -2.45. The van der Waals surface area contributed by atoms with Gasteiger partial charge >= 0.3 is 0 Å². The number of benzene rings is 2. The highest BCUT2D eigenvalue weighted by Gasteiger charge is 2.16. The maximum Gasteiger partial charge on any atom is 0.244 e. The molecule has 5 rings (SSSR count). The molecular weight excluding hydrogens is 438 g/mol. The third-order valence-electron chi connectivity index (χ3n) is 6.38. The van der Waals surface area contributed by atoms with Crippen molar-refractivity contribution < 1.29 is 9.21 Å². The average molecular weight is 470 g/mol. The topological polar surface area (TPSA) is 66.5 Å². The zero-order valence-corrected chi connectivity index (χ0v) is 20.1. The zero-order chi connectivity index (χ0) is 24.0. The van der Waals surface area contributed by atoms with Crippen LogP contribution in [0.5, 0.6) is 0 Å². The molecule has 1 amide bonds. The molecule has 4 aromatic rings. The molecule has 0 saturated carbocycles. The summed E-state index contributed by atoms with van der Waals surface area (Å²) in [5.41, 5.74) is 3.27. The molecule has 2 aromatic heterocycles. The second-order valence-corrected chi connectivity index (χ2v) is 8.98. The van der Waals surface area contributed by atoms with E-state index in [1.54, 1.807) is 6.08 Å². The molecule has 1 saturated heterocycles. The molecule has 0 atom stereocenters. The van der Waals surface area contributed by atoms with E-state index in [1.165, 1.54) is 0 Å². The van der Waals surface area contributed by atoms with Gasteiger partial charge in [0.1, 0.15) is 11.3 Å². The number of nitrogens with zero attached hydrogens (tertiary/aromatic N) is 4. The fourth-order valence-corrected chi connectivity index (χ4v) is 4.32. The Morgan fingerprint density at radius 2 is 1.83 bits per heavy atom. The minimum absolute atomic E-state index is 0.105. The number of likely N-dealkylation sites (N-methyl/N-ethyl adjacent to an activating group) is 1. The number of amides is 1. The average Bonchev–Trinajstić information content (AvgIpc) is 3.51. The second-order valence-electron chi connectivity index (χ2n) is 8.98. The SMILES string of the molecule is CN1CCN(CCCNC(=O)/C=C/c2cn(-c3ccccc3)nc2-c2cc3ccccc3o2)CC1. The van der Waals surface area contributed by atoms with Crippen LogP contribution in [0.1, 0.15) is 12.0 Å². The van der Waals surface area contributed by atoms with Crippen molar-refractivity contribution in [2.24, 2.45) is 0 Å². The van der Waals surface area contributed by atoms with Gasteiger partial charge in [0.05, 0.1) is 5.69 Å². The monoisotopic (exact) mass is 469 g/mol. The Kier molecular flexibility index (Phi) is 7.07. The molecule has 35 heavy (non-hydrogen) atoms. The van der Waals surface area contributed by atoms with Crippen molar-refractivity contribution in [2.75, 3.05) is 46.3 Å². The van der Waals surface area contributed by atoms with E-state index < -0.39 is 0 Å². The van der Waals surface area contributed by atoms with Gasteiger partial charge in [-0.3, -0.25) is 4.79 Å². The van der Waals surface area contributed by atoms with Gasteiger partial charge in [-0.15, -0.1) is 0 Å². The summed E-state index contributed by atoms with van der Waals surface area (Å²) in [6.45, 7) is 6.09. The van der Waals surface area contributed by atoms with E-state index in [0.29, 0.717) is 18.0 Å². The highest BCUT2D eigenvalue weighted by Crippen LogP contribution is 2.30. The van der Waals surface area contributed by atoms with Crippen molar-refractivity contribution in [1.82, 2.24) is 24.9 Å². The molecular formula is C28H31N5O2. The molecule has 1 aliphatic rings. The summed E-state index contributed by atoms with van der Waals surface area (Å²) in [5.74, 6) is 0.569. The van der Waals surface area contributed by atoms with E-state index in [4.69, 9.17) is 9.52 Å². The lowest BCUT2D eigenvalue weighted by atomic mass is 10.2. The number of piperazine rings is 1. The summed E-state index contributed by atoms with van der Waals surface area (Å²) >= 11 is 0. The highest BCUT2D eigenvalue weighted by molar-refractivity contribution is 5.93. The largest absolute Gasteiger partial charge is 0.454 e. The first kappa shape index (κ1) is 23.1. The minimum atomic E-state index is -0.105. The molecule has 0 spiro atoms. The normalized spacial score (nSPS) is 15.2. The number of fused-ring (bicyclic) bond motifs is 1. The van der Waals surface area contributed by atoms with Crippen molar-refractivity contribution >= 4 is 23.0 Å². The number of hydrogen-bond acceptors (Lipinski definition) is 5. The Morgan fingerprint density at radius 3 is 2.63 bits per heavy atom. The molecule has 0 bridgehead atoms. The third-order valence-corrected chi connectivity index (χ3v) is 6.38. The molecule has 1 N–H and O–H groups in total. The van der Waals surface area contributed by atoms with Gasteiger partial charge in [0, 0.05) is 55.9 Å². The van der Waals surface area contributed by atoms with E-state index in [1.807, 2.05) is 77.6 Å². The zero-order valence-electron chi connectivity index (χ0n) is 20.1. The molecule has 0 unspecified atom stereocenters. The van der Waals surface area contributed by atoms with E-state index in [9.17, 15) is 4.79 Å². The number of nitrogens with one attached hydrogen (secondary N) is 1. The van der Waals surface area contributed by atoms with E-state index in [0.717, 1.165) is 61.4 Å². The highest BCUT2D eigenvalue weighted by atomic mass is 16.3. The van der Waals surface area contributed by atoms with Crippen molar-refractivity contribution in [1.29, 1.82) is 0 Å². The summed E-state index contributed by atoms with van der Waals surface area (Å²) in [4.78, 5) is 17.3. The number of furan rings is 1. The van der Waals surface area contributed by atoms with Gasteiger partial charge in [0.15, 0.2) is 5.76 Å². The Balaban J connectivity index is 1.28. The fourth-order valence-electron chi connectivity index (χ4n) is 4.32. The fraction of sp³-hybridized carbons (Fsp3) is 0.286. The van der Waals surface area contributed by atoms with Crippen LogP contribution in [0.3, 0.4) is 0 Å². The van der Waals surface area contributed by atoms with Crippen LogP contribution >= 0.6 is 0 Å². The lowest BCUT2D eigenvalue weighted by Gasteiger charge is -2.32. The van der Waals surface area contributed by atoms with Gasteiger partial charge in [-0.25, -0.2) is 4.68 Å². The van der Waals surface area contributed by atoms with Crippen LogP contribution in [0.25, 0.3) is 34.2 Å². The summed E-state index contributed by atoms with van der Waals surface area (Å²) < 4.78 is 7.89. The molecule has 7 nitrogen and oxygen atoms in total. The van der Waals surface area contributed by atoms with Crippen molar-refractivity contribution in [3.63, 3.8) is 0 Å². The van der Waals surface area contributed by atoms with E-state index in [-0.39, 0.29) is 5.91 Å². The summed E-state index contributed by atoms with van der Waals surface area (Å²) in [6.07, 6.45) is 6.26. The summed E-state index contributed by atoms with van der Waals surface area (Å²) in [7, 11) is 2.16. The molecule has 2 aromatic carbocycles. The van der Waals surface area contributed by atoms with Gasteiger partial charge < -0.3 is 19.5 Å². The predicted molar refractivity (Wildman–Crippen MR) is 139 cm³/mol. The van der Waals surface area contributed by atoms with Gasteiger partial charge in [-0.1, -0.05) is 36.4 Å². The number of carbonyl (C=O) groups excluding carboxylic acids is 1. The first-order valence-corrected chi connectivity index (χ1v) is 12.2. The molecule has 180 valence electrons. The Labute approximate surface area is 205 Å². The number of aromatic nitrogens is 2. The van der Waals surface area contributed by atoms with Crippen LogP contribution in [0.2, 0.25) is 0 Å². The molecule has 7 heteroatoms. The quantitative estimate of drug-likeness (QED) is 0.312. The van der Waals surface area contributed by atoms with Crippen molar-refractivity contribution in [2.45, 2.75) is 6.42 Å². The first-order chi connectivity index (χ1) is 17.2. The van der Waals surface area contributed by atoms with Crippen molar-refractivity contribution in [3.8, 4) is 17.1 Å². The maximum absolute atomic E-state index is 12.5. The predicted octanol–water partition coefficient (Wildman–Crippen LogP) is 4.05. The van der Waals surface area contributed by atoms with Gasteiger partial charge in [-0.2, -0.15) is 5.10 Å². The van der Waals surface area contributed by atoms with Crippen LogP contribution in [0, 0.1) is 0 Å². The third kappa shape index (κ3) is 5.70. The number of rotatable bonds is 8. The first-order valence-electron chi connectivity index (χ1n) is 12.2. The van der Waals surface area contributed by atoms with Crippen LogP contribution in [0.15, 0.2) is 77.4 Å². The second kappa shape index (κ2) is 10.7. The molecule has 0 radical (unpaired) electrons. The standard InChI is InChI=1S/C28H31N5O2/c1-31-16-18-32(19-17-31)15-7-14-29-27(34)13-12-23-21-33(24-9-3-2-4-10-24)30-28(23)26-20-22-8-5-6-11-25(22)35-26/h2-6,8-13,20-21H,7,14-19H2,1H3,(H,29,34)/b13-12+. The van der Waals surface area contributed by atoms with Gasteiger partial charge in [0.2, 0.25) is 5.91 Å². The number of carbonyl (C=O) groups is 1. The molecule has 0 aliphatic carbocycles. The van der Waals surface area contributed by atoms with Crippen molar-refractivity contribution in [3.05, 3.63) is 78.5 Å². The summed E-state index contributed by atoms with van der Waals surface area (Å²) in [6, 6.07) is 19.8. The number of para-hydroxylation sites is 2. The lowest BCUT2D eigenvalue weighted by molar-refractivity contribution is -0.116. The molecule has 1 aliphatic heterocycles. The van der Waals surface area contributed by atoms with Crippen LogP contribution in [0.4, 0.5) is 0 Å². The Morgan fingerprint density at radius 1 is 1.06 bits per heavy atom. The van der Waals surface area contributed by atoms with Crippen LogP contribution in [-0.4, -0.2) is 71.8 Å². The number of hydrogen-bond donors (Lipinski definition) is 1. The summed E-state index contributed by atoms with van der Waals surface area (Å²) in [5, 5.41) is 8.81. The molecule has 3 heterocycles. The van der Waals surface area contributed by atoms with Crippen LogP contribution in [-0.2, 0) is 4.79 Å². The Hall–Kier alpha value is -3.68. The minimum Gasteiger partial charge on any atom is -0.454 e. The van der Waals surface area contributed by atoms with Gasteiger partial charge in [-0.05, 0) is 50.4 Å². The smallest absolute Gasteiger partial charge is 0.244 e. The van der Waals surface area contributed by atoms with E-state index in [2.05, 4.69) is 22.2 Å². The van der Waals surface area contributed by atoms with E-state index >= 15 is 0 Å². The maximum atomic E-state index is 12.5. The molecule has 1 fully saturated rings. The Bertz CT molecular complexity index is 1270.